The van der Waals surface area contributed by atoms with Gasteiger partial charge in [-0.05, 0) is 25.1 Å². The molecule has 28 heavy (non-hydrogen) atoms. The number of nitrogens with one attached hydrogen (secondary N) is 2. The van der Waals surface area contributed by atoms with Crippen molar-refractivity contribution in [3.63, 3.8) is 0 Å². The normalized spacial score (nSPS) is 10.5. The summed E-state index contributed by atoms with van der Waals surface area (Å²) in [6.07, 6.45) is 1.58. The van der Waals surface area contributed by atoms with E-state index in [0.29, 0.717) is 23.3 Å². The molecule has 0 atom stereocenters. The van der Waals surface area contributed by atoms with Crippen molar-refractivity contribution in [2.75, 3.05) is 29.6 Å². The maximum Gasteiger partial charge on any atom is 0.258 e. The molecule has 0 spiro atoms. The minimum Gasteiger partial charge on any atom is -0.347 e. The first-order valence-corrected chi connectivity index (χ1v) is 9.10. The number of pyridine rings is 1. The Hall–Kier alpha value is -2.90. The summed E-state index contributed by atoms with van der Waals surface area (Å²) in [5.41, 5.74) is 1.58. The van der Waals surface area contributed by atoms with Gasteiger partial charge >= 0.3 is 0 Å². The highest BCUT2D eigenvalue weighted by Crippen LogP contribution is 2.26. The standard InChI is InChI=1S/C19H18Cl2N6O/c1-11-9-16(26-19(23-11)27(2)3)25-15-10-12(7-8-22-15)24-18(28)17-13(20)5-4-6-14(17)21/h4-10H,1-3H3,(H2,22,23,24,25,26,28). The smallest absolute Gasteiger partial charge is 0.258 e. The third-order valence-corrected chi connectivity index (χ3v) is 4.34. The lowest BCUT2D eigenvalue weighted by Gasteiger charge is -2.13. The molecule has 9 heteroatoms. The number of hydrogen-bond acceptors (Lipinski definition) is 6. The summed E-state index contributed by atoms with van der Waals surface area (Å²) in [5, 5.41) is 6.47. The molecule has 3 aromatic rings. The quantitative estimate of drug-likeness (QED) is 0.634. The molecule has 144 valence electrons. The molecule has 2 N–H and O–H groups in total. The van der Waals surface area contributed by atoms with Crippen LogP contribution in [0.5, 0.6) is 0 Å². The van der Waals surface area contributed by atoms with Gasteiger partial charge in [0.25, 0.3) is 5.91 Å². The summed E-state index contributed by atoms with van der Waals surface area (Å²) in [6, 6.07) is 10.1. The number of halogens is 2. The molecule has 7 nitrogen and oxygen atoms in total. The Kier molecular flexibility index (Phi) is 5.96. The van der Waals surface area contributed by atoms with E-state index in [2.05, 4.69) is 25.6 Å². The number of carbonyl (C=O) groups excluding carboxylic acids is 1. The molecule has 0 saturated carbocycles. The predicted octanol–water partition coefficient (Wildman–Crippen LogP) is 4.55. The zero-order valence-electron chi connectivity index (χ0n) is 15.5. The van der Waals surface area contributed by atoms with Crippen molar-refractivity contribution in [1.29, 1.82) is 0 Å². The number of aryl methyl sites for hydroxylation is 1. The van der Waals surface area contributed by atoms with Crippen LogP contribution in [0.25, 0.3) is 0 Å². The summed E-state index contributed by atoms with van der Waals surface area (Å²) >= 11 is 12.2. The largest absolute Gasteiger partial charge is 0.347 e. The maximum absolute atomic E-state index is 12.5. The van der Waals surface area contributed by atoms with Crippen LogP contribution in [0.15, 0.2) is 42.6 Å². The molecule has 0 saturated heterocycles. The Bertz CT molecular complexity index is 1000. The number of amides is 1. The molecule has 1 amide bonds. The number of anilines is 4. The van der Waals surface area contributed by atoms with Crippen molar-refractivity contribution < 1.29 is 4.79 Å². The lowest BCUT2D eigenvalue weighted by Crippen LogP contribution is -2.14. The van der Waals surface area contributed by atoms with Crippen LogP contribution in [-0.2, 0) is 0 Å². The molecule has 0 aliphatic heterocycles. The highest BCUT2D eigenvalue weighted by molar-refractivity contribution is 6.40. The van der Waals surface area contributed by atoms with Gasteiger partial charge in [-0.2, -0.15) is 4.98 Å². The van der Waals surface area contributed by atoms with Crippen LogP contribution in [0.3, 0.4) is 0 Å². The molecule has 0 unspecified atom stereocenters. The van der Waals surface area contributed by atoms with Crippen molar-refractivity contribution in [2.45, 2.75) is 6.92 Å². The summed E-state index contributed by atoms with van der Waals surface area (Å²) in [4.78, 5) is 27.4. The van der Waals surface area contributed by atoms with Gasteiger partial charge in [0.2, 0.25) is 5.95 Å². The van der Waals surface area contributed by atoms with Gasteiger partial charge in [-0.25, -0.2) is 9.97 Å². The molecule has 0 radical (unpaired) electrons. The lowest BCUT2D eigenvalue weighted by atomic mass is 10.2. The average Bonchev–Trinajstić information content (AvgIpc) is 2.61. The molecule has 0 aliphatic carbocycles. The van der Waals surface area contributed by atoms with Crippen molar-refractivity contribution in [1.82, 2.24) is 15.0 Å². The van der Waals surface area contributed by atoms with Crippen LogP contribution in [0, 0.1) is 6.92 Å². The van der Waals surface area contributed by atoms with E-state index >= 15 is 0 Å². The Morgan fingerprint density at radius 3 is 2.43 bits per heavy atom. The van der Waals surface area contributed by atoms with Gasteiger partial charge in [0, 0.05) is 43.8 Å². The van der Waals surface area contributed by atoms with E-state index in [1.165, 1.54) is 0 Å². The number of benzene rings is 1. The minimum absolute atomic E-state index is 0.221. The van der Waals surface area contributed by atoms with Crippen molar-refractivity contribution in [3.05, 3.63) is 63.9 Å². The fourth-order valence-electron chi connectivity index (χ4n) is 2.43. The second-order valence-electron chi connectivity index (χ2n) is 6.19. The molecular weight excluding hydrogens is 399 g/mol. The molecule has 2 aromatic heterocycles. The Morgan fingerprint density at radius 2 is 1.75 bits per heavy atom. The van der Waals surface area contributed by atoms with Crippen LogP contribution in [-0.4, -0.2) is 35.0 Å². The summed E-state index contributed by atoms with van der Waals surface area (Å²) in [6.45, 7) is 1.89. The molecule has 0 aliphatic rings. The Balaban J connectivity index is 1.80. The van der Waals surface area contributed by atoms with Crippen molar-refractivity contribution >= 4 is 52.4 Å². The van der Waals surface area contributed by atoms with Crippen molar-refractivity contribution in [3.8, 4) is 0 Å². The summed E-state index contributed by atoms with van der Waals surface area (Å²) < 4.78 is 0. The van der Waals surface area contributed by atoms with Crippen LogP contribution in [0.2, 0.25) is 10.0 Å². The molecule has 3 rings (SSSR count). The number of carbonyl (C=O) groups is 1. The van der Waals surface area contributed by atoms with E-state index in [1.807, 2.05) is 32.0 Å². The lowest BCUT2D eigenvalue weighted by molar-refractivity contribution is 0.102. The fourth-order valence-corrected chi connectivity index (χ4v) is 3.00. The van der Waals surface area contributed by atoms with Crippen LogP contribution in [0.4, 0.5) is 23.3 Å². The molecule has 0 bridgehead atoms. The minimum atomic E-state index is -0.402. The van der Waals surface area contributed by atoms with E-state index < -0.39 is 5.91 Å². The molecule has 1 aromatic carbocycles. The third kappa shape index (κ3) is 4.68. The Morgan fingerprint density at radius 1 is 1.04 bits per heavy atom. The number of aromatic nitrogens is 3. The summed E-state index contributed by atoms with van der Waals surface area (Å²) in [7, 11) is 3.74. The first kappa shape index (κ1) is 19.9. The van der Waals surface area contributed by atoms with Crippen LogP contribution in [0.1, 0.15) is 16.1 Å². The predicted molar refractivity (Wildman–Crippen MR) is 113 cm³/mol. The van der Waals surface area contributed by atoms with Gasteiger partial charge in [0.15, 0.2) is 0 Å². The van der Waals surface area contributed by atoms with E-state index in [4.69, 9.17) is 23.2 Å². The second-order valence-corrected chi connectivity index (χ2v) is 7.01. The highest BCUT2D eigenvalue weighted by atomic mass is 35.5. The number of nitrogens with zero attached hydrogens (tertiary/aromatic N) is 4. The second kappa shape index (κ2) is 8.41. The maximum atomic E-state index is 12.5. The van der Waals surface area contributed by atoms with E-state index in [9.17, 15) is 4.79 Å². The molecular formula is C19H18Cl2N6O. The number of hydrogen-bond donors (Lipinski definition) is 2. The van der Waals surface area contributed by atoms with E-state index in [-0.39, 0.29) is 15.6 Å². The van der Waals surface area contributed by atoms with Gasteiger partial charge in [-0.1, -0.05) is 29.3 Å². The molecule has 0 fully saturated rings. The summed E-state index contributed by atoms with van der Waals surface area (Å²) in [5.74, 6) is 1.30. The number of rotatable bonds is 5. The van der Waals surface area contributed by atoms with Crippen molar-refractivity contribution in [2.24, 2.45) is 0 Å². The van der Waals surface area contributed by atoms with Gasteiger partial charge in [-0.15, -0.1) is 0 Å². The van der Waals surface area contributed by atoms with Gasteiger partial charge in [0.1, 0.15) is 11.6 Å². The SMILES string of the molecule is Cc1cc(Nc2cc(NC(=O)c3c(Cl)cccc3Cl)ccn2)nc(N(C)C)n1. The fraction of sp³-hybridized carbons (Fsp3) is 0.158. The van der Waals surface area contributed by atoms with E-state index in [1.54, 1.807) is 36.5 Å². The van der Waals surface area contributed by atoms with E-state index in [0.717, 1.165) is 5.69 Å². The zero-order valence-corrected chi connectivity index (χ0v) is 17.0. The van der Waals surface area contributed by atoms with Crippen LogP contribution >= 0.6 is 23.2 Å². The Labute approximate surface area is 172 Å². The zero-order chi connectivity index (χ0) is 20.3. The van der Waals surface area contributed by atoms with Crippen LogP contribution < -0.4 is 15.5 Å². The van der Waals surface area contributed by atoms with Gasteiger partial charge in [-0.3, -0.25) is 4.79 Å². The monoisotopic (exact) mass is 416 g/mol. The molecule has 2 heterocycles. The average molecular weight is 417 g/mol. The first-order valence-electron chi connectivity index (χ1n) is 8.35. The van der Waals surface area contributed by atoms with Gasteiger partial charge in [0.05, 0.1) is 15.6 Å². The third-order valence-electron chi connectivity index (χ3n) is 3.71. The first-order chi connectivity index (χ1) is 13.3. The highest BCUT2D eigenvalue weighted by Gasteiger charge is 2.15. The topological polar surface area (TPSA) is 83.0 Å². The van der Waals surface area contributed by atoms with Gasteiger partial charge < -0.3 is 15.5 Å².